The topological polar surface area (TPSA) is 95.9 Å². The Morgan fingerprint density at radius 3 is 0.900 bits per heavy atom. The molecule has 1 amide bonds. The molecule has 3 N–H and O–H groups in total. The molecule has 90 heavy (non-hydrogen) atoms. The van der Waals surface area contributed by atoms with Crippen molar-refractivity contribution in [3.8, 4) is 0 Å². The van der Waals surface area contributed by atoms with Gasteiger partial charge in [0.2, 0.25) is 5.91 Å². The molecule has 0 spiro atoms. The molecule has 0 aliphatic rings. The molecule has 0 aromatic carbocycles. The van der Waals surface area contributed by atoms with Crippen LogP contribution in [0.25, 0.3) is 0 Å². The Morgan fingerprint density at radius 2 is 0.578 bits per heavy atom. The van der Waals surface area contributed by atoms with E-state index < -0.39 is 12.1 Å². The van der Waals surface area contributed by atoms with Gasteiger partial charge in [0.15, 0.2) is 0 Å². The molecule has 2 unspecified atom stereocenters. The van der Waals surface area contributed by atoms with E-state index in [1.807, 2.05) is 0 Å². The highest BCUT2D eigenvalue weighted by atomic mass is 16.5. The van der Waals surface area contributed by atoms with Crippen molar-refractivity contribution < 1.29 is 24.5 Å². The van der Waals surface area contributed by atoms with E-state index in [0.29, 0.717) is 25.9 Å². The summed E-state index contributed by atoms with van der Waals surface area (Å²) in [5.74, 6) is -0.0177. The van der Waals surface area contributed by atoms with Crippen LogP contribution in [0.2, 0.25) is 0 Å². The maximum atomic E-state index is 12.6. The van der Waals surface area contributed by atoms with Gasteiger partial charge in [0.05, 0.1) is 25.4 Å². The van der Waals surface area contributed by atoms with Crippen LogP contribution in [-0.2, 0) is 14.3 Å². The highest BCUT2D eigenvalue weighted by Gasteiger charge is 2.20. The van der Waals surface area contributed by atoms with E-state index in [-0.39, 0.29) is 18.5 Å². The fraction of sp³-hybridized carbons (Fsp3) is 0.905. The van der Waals surface area contributed by atoms with Gasteiger partial charge < -0.3 is 20.3 Å². The number of ether oxygens (including phenoxy) is 1. The minimum absolute atomic E-state index is 0.00763. The molecule has 0 fully saturated rings. The van der Waals surface area contributed by atoms with Crippen molar-refractivity contribution in [3.05, 3.63) is 36.5 Å². The standard InChI is InChI=1S/C84H161NO5/c1-3-5-7-9-11-13-15-17-18-19-20-40-43-46-49-53-56-60-64-68-72-76-82(87)81(80-86)85-83(88)77-73-69-65-61-57-54-50-47-44-41-38-36-34-32-30-28-26-24-22-21-23-25-27-29-31-33-35-37-39-42-45-48-51-55-59-63-67-71-75-79-90-84(89)78-74-70-66-62-58-52-16-14-12-10-8-6-4-2/h8,10,14,16,21-22,81-82,86-87H,3-7,9,11-13,15,17-20,23-80H2,1-2H3,(H,85,88)/b10-8-,16-14-,22-21-. The van der Waals surface area contributed by atoms with Crippen LogP contribution in [0.4, 0.5) is 0 Å². The van der Waals surface area contributed by atoms with Crippen LogP contribution in [0, 0.1) is 0 Å². The smallest absolute Gasteiger partial charge is 0.305 e. The maximum Gasteiger partial charge on any atom is 0.305 e. The summed E-state index contributed by atoms with van der Waals surface area (Å²) in [6.45, 7) is 4.93. The molecule has 6 nitrogen and oxygen atoms in total. The molecule has 0 radical (unpaired) electrons. The Hall–Kier alpha value is -1.92. The van der Waals surface area contributed by atoms with Gasteiger partial charge in [-0.3, -0.25) is 9.59 Å². The van der Waals surface area contributed by atoms with Gasteiger partial charge in [-0.25, -0.2) is 0 Å². The average Bonchev–Trinajstić information content (AvgIpc) is 3.70. The number of esters is 1. The number of carbonyl (C=O) groups excluding carboxylic acids is 2. The van der Waals surface area contributed by atoms with E-state index in [4.69, 9.17) is 4.74 Å². The van der Waals surface area contributed by atoms with Crippen LogP contribution in [0.1, 0.15) is 463 Å². The third-order valence-electron chi connectivity index (χ3n) is 19.4. The summed E-state index contributed by atoms with van der Waals surface area (Å²) < 4.78 is 5.48. The van der Waals surface area contributed by atoms with Crippen molar-refractivity contribution in [1.29, 1.82) is 0 Å². The number of unbranched alkanes of at least 4 members (excludes halogenated alkanes) is 61. The van der Waals surface area contributed by atoms with E-state index in [2.05, 4.69) is 55.6 Å². The van der Waals surface area contributed by atoms with Gasteiger partial charge in [0, 0.05) is 12.8 Å². The fourth-order valence-electron chi connectivity index (χ4n) is 13.2. The molecule has 0 aromatic heterocycles. The number of amides is 1. The van der Waals surface area contributed by atoms with Crippen LogP contribution in [0.5, 0.6) is 0 Å². The lowest BCUT2D eigenvalue weighted by Gasteiger charge is -2.22. The lowest BCUT2D eigenvalue weighted by molar-refractivity contribution is -0.143. The van der Waals surface area contributed by atoms with Gasteiger partial charge in [-0.1, -0.05) is 410 Å². The summed E-state index contributed by atoms with van der Waals surface area (Å²) >= 11 is 0. The second-order valence-electron chi connectivity index (χ2n) is 28.5. The number of hydrogen-bond acceptors (Lipinski definition) is 5. The zero-order chi connectivity index (χ0) is 64.9. The zero-order valence-electron chi connectivity index (χ0n) is 61.1. The van der Waals surface area contributed by atoms with Gasteiger partial charge in [-0.05, 0) is 77.0 Å². The van der Waals surface area contributed by atoms with Gasteiger partial charge in [0.25, 0.3) is 0 Å². The number of allylic oxidation sites excluding steroid dienone is 6. The molecule has 0 saturated carbocycles. The van der Waals surface area contributed by atoms with Crippen LogP contribution >= 0.6 is 0 Å². The van der Waals surface area contributed by atoms with Gasteiger partial charge >= 0.3 is 5.97 Å². The van der Waals surface area contributed by atoms with E-state index in [1.54, 1.807) is 0 Å². The first-order chi connectivity index (χ1) is 44.5. The SMILES string of the molecule is CCC/C=C\C/C=C\CCCCCCCC(=O)OCCCCCCCCCCCCCCCCCCCC/C=C\CCCCCCCCCCCCCCCCCCCC(=O)NC(CO)C(O)CCCCCCCCCCCCCCCCCCCCCCC. The van der Waals surface area contributed by atoms with E-state index in [0.717, 1.165) is 51.4 Å². The molecule has 6 heteroatoms. The number of hydrogen-bond donors (Lipinski definition) is 3. The minimum Gasteiger partial charge on any atom is -0.466 e. The Morgan fingerprint density at radius 1 is 0.311 bits per heavy atom. The van der Waals surface area contributed by atoms with Crippen LogP contribution in [0.15, 0.2) is 36.5 Å². The zero-order valence-corrected chi connectivity index (χ0v) is 61.1. The van der Waals surface area contributed by atoms with Crippen molar-refractivity contribution in [3.63, 3.8) is 0 Å². The predicted octanol–water partition coefficient (Wildman–Crippen LogP) is 27.4. The second-order valence-corrected chi connectivity index (χ2v) is 28.5. The van der Waals surface area contributed by atoms with Crippen LogP contribution in [-0.4, -0.2) is 47.4 Å². The Bertz CT molecular complexity index is 1460. The van der Waals surface area contributed by atoms with Crippen molar-refractivity contribution in [2.75, 3.05) is 13.2 Å². The Kier molecular flexibility index (Phi) is 77.8. The summed E-state index contributed by atoms with van der Waals surface area (Å²) in [5, 5.41) is 23.5. The van der Waals surface area contributed by atoms with Crippen molar-refractivity contribution in [1.82, 2.24) is 5.32 Å². The molecular formula is C84H161NO5. The summed E-state index contributed by atoms with van der Waals surface area (Å²) in [5.41, 5.74) is 0. The molecule has 0 heterocycles. The summed E-state index contributed by atoms with van der Waals surface area (Å²) in [7, 11) is 0. The lowest BCUT2D eigenvalue weighted by atomic mass is 10.0. The highest BCUT2D eigenvalue weighted by molar-refractivity contribution is 5.76. The van der Waals surface area contributed by atoms with Gasteiger partial charge in [0.1, 0.15) is 0 Å². The third-order valence-corrected chi connectivity index (χ3v) is 19.4. The van der Waals surface area contributed by atoms with Crippen molar-refractivity contribution >= 4 is 11.9 Å². The van der Waals surface area contributed by atoms with E-state index in [9.17, 15) is 19.8 Å². The first-order valence-electron chi connectivity index (χ1n) is 41.2. The Labute approximate surface area is 564 Å². The average molecular weight is 1270 g/mol. The first-order valence-corrected chi connectivity index (χ1v) is 41.2. The third kappa shape index (κ3) is 75.1. The number of carbonyl (C=O) groups is 2. The van der Waals surface area contributed by atoms with Crippen molar-refractivity contribution in [2.45, 2.75) is 475 Å². The maximum absolute atomic E-state index is 12.6. The molecule has 0 bridgehead atoms. The molecule has 0 rings (SSSR count). The normalized spacial score (nSPS) is 12.6. The number of aliphatic hydroxyl groups excluding tert-OH is 2. The van der Waals surface area contributed by atoms with Gasteiger partial charge in [-0.2, -0.15) is 0 Å². The van der Waals surface area contributed by atoms with Gasteiger partial charge in [-0.15, -0.1) is 0 Å². The van der Waals surface area contributed by atoms with Crippen LogP contribution in [0.3, 0.4) is 0 Å². The number of rotatable bonds is 78. The highest BCUT2D eigenvalue weighted by Crippen LogP contribution is 2.20. The fourth-order valence-corrected chi connectivity index (χ4v) is 13.2. The monoisotopic (exact) mass is 1260 g/mol. The summed E-state index contributed by atoms with van der Waals surface area (Å²) in [4.78, 5) is 24.6. The molecule has 532 valence electrons. The largest absolute Gasteiger partial charge is 0.466 e. The molecule has 0 saturated heterocycles. The second kappa shape index (κ2) is 79.5. The quantitative estimate of drug-likeness (QED) is 0.0320. The number of nitrogens with one attached hydrogen (secondary N) is 1. The Balaban J connectivity index is 3.33. The predicted molar refractivity (Wildman–Crippen MR) is 398 cm³/mol. The summed E-state index contributed by atoms with van der Waals surface area (Å²) in [6.07, 6.45) is 104. The van der Waals surface area contributed by atoms with Crippen LogP contribution < -0.4 is 5.32 Å². The molecule has 0 aliphatic carbocycles. The molecule has 0 aromatic rings. The lowest BCUT2D eigenvalue weighted by Crippen LogP contribution is -2.45. The summed E-state index contributed by atoms with van der Waals surface area (Å²) in [6, 6.07) is -0.539. The number of aliphatic hydroxyl groups is 2. The van der Waals surface area contributed by atoms with Crippen molar-refractivity contribution in [2.24, 2.45) is 0 Å². The molecule has 0 aliphatic heterocycles. The molecular weight excluding hydrogens is 1100 g/mol. The molecule has 2 atom stereocenters. The minimum atomic E-state index is -0.662. The first kappa shape index (κ1) is 88.1. The van der Waals surface area contributed by atoms with E-state index >= 15 is 0 Å². The van der Waals surface area contributed by atoms with E-state index in [1.165, 1.54) is 379 Å².